The Bertz CT molecular complexity index is 1910. The van der Waals surface area contributed by atoms with Gasteiger partial charge in [0.05, 0.1) is 13.0 Å². The molecule has 1 aromatic heterocycles. The SMILES string of the molecule is C=C1C=C2CCC3C(CCC4(C)C(OC(=O)CCCCNC(=O)CCOc5ccc(-c6noc(C)c6C(=O)NC6C(=O)N7CCSC67)cc5)CCC34)C2(C)CC1. The number of hydrogen-bond acceptors (Lipinski definition) is 9. The van der Waals surface area contributed by atoms with E-state index in [-0.39, 0.29) is 53.6 Å². The van der Waals surface area contributed by atoms with Crippen molar-refractivity contribution in [3.8, 4) is 17.0 Å². The van der Waals surface area contributed by atoms with Crippen LogP contribution in [0.4, 0.5) is 0 Å². The minimum absolute atomic E-state index is 0.00518. The summed E-state index contributed by atoms with van der Waals surface area (Å²) in [4.78, 5) is 52.9. The molecule has 5 fully saturated rings. The van der Waals surface area contributed by atoms with Crippen molar-refractivity contribution in [1.82, 2.24) is 20.7 Å². The highest BCUT2D eigenvalue weighted by Gasteiger charge is 2.60. The van der Waals surface area contributed by atoms with Crippen molar-refractivity contribution in [1.29, 1.82) is 0 Å². The Kier molecular flexibility index (Phi) is 10.9. The number of aryl methyl sites for hydroxylation is 1. The van der Waals surface area contributed by atoms with E-state index in [1.165, 1.54) is 31.3 Å². The van der Waals surface area contributed by atoms with E-state index in [1.54, 1.807) is 53.4 Å². The molecule has 2 N–H and O–H groups in total. The number of ether oxygens (including phenoxy) is 2. The van der Waals surface area contributed by atoms with Gasteiger partial charge in [-0.25, -0.2) is 0 Å². The maximum Gasteiger partial charge on any atom is 0.306 e. The van der Waals surface area contributed by atoms with E-state index in [0.717, 1.165) is 37.4 Å². The number of aromatic nitrogens is 1. The molecule has 3 saturated carbocycles. The molecular formula is C44H56N4O7S. The molecule has 0 radical (unpaired) electrons. The fraction of sp³-hybridized carbons (Fsp3) is 0.614. The Morgan fingerprint density at radius 3 is 2.68 bits per heavy atom. The summed E-state index contributed by atoms with van der Waals surface area (Å²) in [6, 6.07) is 6.55. The van der Waals surface area contributed by atoms with Gasteiger partial charge in [-0.2, -0.15) is 0 Å². The van der Waals surface area contributed by atoms with Crippen LogP contribution in [0.15, 0.2) is 52.6 Å². The van der Waals surface area contributed by atoms with Crippen molar-refractivity contribution in [2.45, 2.75) is 115 Å². The second-order valence-electron chi connectivity index (χ2n) is 17.4. The topological polar surface area (TPSA) is 140 Å². The summed E-state index contributed by atoms with van der Waals surface area (Å²) in [7, 11) is 0. The van der Waals surface area contributed by atoms with Gasteiger partial charge in [0.15, 0.2) is 0 Å². The summed E-state index contributed by atoms with van der Waals surface area (Å²) >= 11 is 1.67. The van der Waals surface area contributed by atoms with E-state index in [0.29, 0.717) is 77.9 Å². The maximum absolute atomic E-state index is 13.2. The number of carbonyl (C=O) groups excluding carboxylic acids is 4. The summed E-state index contributed by atoms with van der Waals surface area (Å²) in [5, 5.41) is 9.91. The number of β-lactam (4-membered cyclic amide) rings is 1. The van der Waals surface area contributed by atoms with E-state index < -0.39 is 6.04 Å². The van der Waals surface area contributed by atoms with Gasteiger partial charge in [0.1, 0.15) is 40.3 Å². The van der Waals surface area contributed by atoms with Crippen LogP contribution in [0.3, 0.4) is 0 Å². The van der Waals surface area contributed by atoms with E-state index in [9.17, 15) is 19.2 Å². The molecule has 0 bridgehead atoms. The van der Waals surface area contributed by atoms with Gasteiger partial charge in [0, 0.05) is 36.2 Å². The second kappa shape index (κ2) is 15.7. The lowest BCUT2D eigenvalue weighted by molar-refractivity contribution is -0.160. The molecule has 2 saturated heterocycles. The molecule has 3 heterocycles. The first-order chi connectivity index (χ1) is 27.0. The van der Waals surface area contributed by atoms with Crippen LogP contribution < -0.4 is 15.4 Å². The number of amides is 3. The number of thioether (sulfide) groups is 1. The Labute approximate surface area is 334 Å². The van der Waals surface area contributed by atoms with Gasteiger partial charge in [0.2, 0.25) is 11.8 Å². The van der Waals surface area contributed by atoms with Crippen LogP contribution in [0.2, 0.25) is 0 Å². The largest absolute Gasteiger partial charge is 0.493 e. The van der Waals surface area contributed by atoms with Crippen LogP contribution in [0.25, 0.3) is 11.3 Å². The minimum atomic E-state index is -0.539. The zero-order chi connectivity index (χ0) is 39.2. The highest BCUT2D eigenvalue weighted by molar-refractivity contribution is 8.00. The highest BCUT2D eigenvalue weighted by Crippen LogP contribution is 2.66. The summed E-state index contributed by atoms with van der Waals surface area (Å²) in [6.07, 6.45) is 13.6. The average molecular weight is 785 g/mol. The molecule has 11 nitrogen and oxygen atoms in total. The summed E-state index contributed by atoms with van der Waals surface area (Å²) in [5.41, 5.74) is 4.66. The van der Waals surface area contributed by atoms with Crippen molar-refractivity contribution in [3.05, 3.63) is 59.4 Å². The molecule has 8 atom stereocenters. The Balaban J connectivity index is 0.724. The number of hydrogen-bond donors (Lipinski definition) is 2. The molecule has 56 heavy (non-hydrogen) atoms. The third kappa shape index (κ3) is 7.19. The fourth-order valence-electron chi connectivity index (χ4n) is 11.1. The number of nitrogens with zero attached hydrogens (tertiary/aromatic N) is 2. The van der Waals surface area contributed by atoms with Crippen molar-refractivity contribution in [2.24, 2.45) is 28.6 Å². The Morgan fingerprint density at radius 2 is 1.86 bits per heavy atom. The van der Waals surface area contributed by atoms with Gasteiger partial charge in [-0.15, -0.1) is 11.8 Å². The molecule has 6 aliphatic rings. The zero-order valence-electron chi connectivity index (χ0n) is 33.0. The van der Waals surface area contributed by atoms with Crippen LogP contribution in [0.1, 0.15) is 107 Å². The predicted octanol–water partition coefficient (Wildman–Crippen LogP) is 7.15. The molecule has 8 unspecified atom stereocenters. The molecule has 300 valence electrons. The lowest BCUT2D eigenvalue weighted by Crippen LogP contribution is -2.67. The first kappa shape index (κ1) is 38.8. The quantitative estimate of drug-likeness (QED) is 0.123. The van der Waals surface area contributed by atoms with E-state index >= 15 is 0 Å². The molecular weight excluding hydrogens is 729 g/mol. The van der Waals surface area contributed by atoms with E-state index in [1.807, 2.05) is 0 Å². The average Bonchev–Trinajstić information content (AvgIpc) is 3.89. The number of unbranched alkanes of at least 4 members (excludes halogenated alkanes) is 1. The first-order valence-corrected chi connectivity index (χ1v) is 21.8. The number of allylic oxidation sites excluding steroid dienone is 3. The summed E-state index contributed by atoms with van der Waals surface area (Å²) in [6.45, 7) is 12.3. The molecule has 12 heteroatoms. The third-order valence-electron chi connectivity index (χ3n) is 14.3. The standard InChI is InChI=1S/C44H56N4O7S/c1-26-16-19-43(3)29(25-26)10-13-31-32-14-15-34(44(32,4)20-17-33(31)43)54-36(50)7-5-6-21-45-35(49)18-23-53-30-11-8-28(9-12-30)38-37(27(2)55-47-38)40(51)46-39-41(52)48-22-24-56-42(39)48/h8-9,11-12,25,31-34,39,42H,1,5-7,10,13-24H2,2-4H3,(H,45,49)(H,46,51). The molecule has 3 amide bonds. The minimum Gasteiger partial charge on any atom is -0.493 e. The highest BCUT2D eigenvalue weighted by atomic mass is 32.2. The van der Waals surface area contributed by atoms with Gasteiger partial charge in [-0.1, -0.05) is 42.8 Å². The Hall–Kier alpha value is -4.06. The zero-order valence-corrected chi connectivity index (χ0v) is 33.8. The molecule has 4 aliphatic carbocycles. The van der Waals surface area contributed by atoms with Crippen LogP contribution in [0, 0.1) is 35.5 Å². The molecule has 2 aromatic rings. The number of benzene rings is 1. The van der Waals surface area contributed by atoms with Crippen molar-refractivity contribution in [2.75, 3.05) is 25.4 Å². The van der Waals surface area contributed by atoms with Gasteiger partial charge in [-0.05, 0) is 119 Å². The normalized spacial score (nSPS) is 31.6. The first-order valence-electron chi connectivity index (χ1n) is 20.7. The van der Waals surface area contributed by atoms with Crippen LogP contribution >= 0.6 is 11.8 Å². The van der Waals surface area contributed by atoms with Gasteiger partial charge in [0.25, 0.3) is 5.91 Å². The van der Waals surface area contributed by atoms with Crippen molar-refractivity contribution in [3.63, 3.8) is 0 Å². The second-order valence-corrected chi connectivity index (χ2v) is 18.6. The summed E-state index contributed by atoms with van der Waals surface area (Å²) < 4.78 is 17.4. The van der Waals surface area contributed by atoms with E-state index in [4.69, 9.17) is 14.0 Å². The lowest BCUT2D eigenvalue weighted by Gasteiger charge is -2.58. The number of carbonyl (C=O) groups is 4. The van der Waals surface area contributed by atoms with Crippen molar-refractivity contribution < 1.29 is 33.2 Å². The fourth-order valence-corrected chi connectivity index (χ4v) is 12.4. The van der Waals surface area contributed by atoms with Crippen LogP contribution in [0.5, 0.6) is 5.75 Å². The smallest absolute Gasteiger partial charge is 0.306 e. The van der Waals surface area contributed by atoms with E-state index in [2.05, 4.69) is 42.3 Å². The summed E-state index contributed by atoms with van der Waals surface area (Å²) in [5.74, 6) is 3.23. The third-order valence-corrected chi connectivity index (χ3v) is 15.5. The Morgan fingerprint density at radius 1 is 1.04 bits per heavy atom. The number of esters is 1. The monoisotopic (exact) mass is 784 g/mol. The van der Waals surface area contributed by atoms with Gasteiger partial charge in [-0.3, -0.25) is 19.2 Å². The van der Waals surface area contributed by atoms with Gasteiger partial charge < -0.3 is 29.5 Å². The number of fused-ring (bicyclic) bond motifs is 6. The van der Waals surface area contributed by atoms with Gasteiger partial charge >= 0.3 is 5.97 Å². The molecule has 2 aliphatic heterocycles. The predicted molar refractivity (Wildman–Crippen MR) is 214 cm³/mol. The van der Waals surface area contributed by atoms with Crippen LogP contribution in [-0.2, 0) is 19.1 Å². The lowest BCUT2D eigenvalue weighted by atomic mass is 9.47. The number of nitrogens with one attached hydrogen (secondary N) is 2. The maximum atomic E-state index is 13.2. The molecule has 1 aromatic carbocycles. The van der Waals surface area contributed by atoms with Crippen LogP contribution in [-0.4, -0.2) is 76.7 Å². The molecule has 0 spiro atoms. The number of rotatable bonds is 13. The molecule has 8 rings (SSSR count). The van der Waals surface area contributed by atoms with Crippen molar-refractivity contribution >= 4 is 35.5 Å².